The molecule has 1 aromatic carbocycles. The van der Waals surface area contributed by atoms with Crippen LogP contribution in [0.25, 0.3) is 11.3 Å². The second kappa shape index (κ2) is 4.94. The molecule has 2 rings (SSSR count). The van der Waals surface area contributed by atoms with Crippen LogP contribution >= 0.6 is 11.6 Å². The maximum absolute atomic E-state index is 12.9. The van der Waals surface area contributed by atoms with E-state index in [9.17, 15) is 13.2 Å². The van der Waals surface area contributed by atoms with E-state index in [-0.39, 0.29) is 5.75 Å². The monoisotopic (exact) mass is 276 g/mol. The van der Waals surface area contributed by atoms with Crippen LogP contribution in [0.4, 0.5) is 13.2 Å². The molecule has 0 saturated carbocycles. The third-order valence-corrected chi connectivity index (χ3v) is 2.42. The Kier molecular flexibility index (Phi) is 3.52. The highest BCUT2D eigenvalue weighted by atomic mass is 35.5. The SMILES string of the molecule is FC(Cl)C(F)(F)Oc1ccc(-c2ccco2)cc1. The van der Waals surface area contributed by atoms with Crippen LogP contribution < -0.4 is 4.74 Å². The molecule has 96 valence electrons. The second-order valence-corrected chi connectivity index (χ2v) is 3.85. The molecule has 1 heterocycles. The summed E-state index contributed by atoms with van der Waals surface area (Å²) in [6.07, 6.45) is -2.57. The van der Waals surface area contributed by atoms with E-state index in [0.717, 1.165) is 0 Å². The van der Waals surface area contributed by atoms with Gasteiger partial charge in [-0.25, -0.2) is 4.39 Å². The summed E-state index contributed by atoms with van der Waals surface area (Å²) in [7, 11) is 0. The van der Waals surface area contributed by atoms with Crippen LogP contribution in [0.15, 0.2) is 47.1 Å². The van der Waals surface area contributed by atoms with E-state index in [1.807, 2.05) is 0 Å². The molecule has 18 heavy (non-hydrogen) atoms. The minimum absolute atomic E-state index is 0.182. The fourth-order valence-corrected chi connectivity index (χ4v) is 1.38. The van der Waals surface area contributed by atoms with Crippen molar-refractivity contribution in [3.05, 3.63) is 42.7 Å². The molecule has 2 nitrogen and oxygen atoms in total. The van der Waals surface area contributed by atoms with Gasteiger partial charge in [0.25, 0.3) is 5.63 Å². The van der Waals surface area contributed by atoms with Crippen molar-refractivity contribution in [2.45, 2.75) is 11.7 Å². The van der Waals surface area contributed by atoms with Crippen molar-refractivity contribution < 1.29 is 22.3 Å². The van der Waals surface area contributed by atoms with Crippen molar-refractivity contribution in [1.29, 1.82) is 0 Å². The fourth-order valence-electron chi connectivity index (χ4n) is 1.33. The van der Waals surface area contributed by atoms with E-state index in [2.05, 4.69) is 16.3 Å². The van der Waals surface area contributed by atoms with Crippen LogP contribution in [0, 0.1) is 0 Å². The van der Waals surface area contributed by atoms with Gasteiger partial charge in [-0.1, -0.05) is 11.6 Å². The number of benzene rings is 1. The molecule has 0 saturated heterocycles. The lowest BCUT2D eigenvalue weighted by molar-refractivity contribution is -0.199. The summed E-state index contributed by atoms with van der Waals surface area (Å²) in [4.78, 5) is 0. The molecule has 0 bridgehead atoms. The van der Waals surface area contributed by atoms with E-state index in [4.69, 9.17) is 4.42 Å². The van der Waals surface area contributed by atoms with Gasteiger partial charge < -0.3 is 9.15 Å². The highest BCUT2D eigenvalue weighted by Crippen LogP contribution is 2.30. The van der Waals surface area contributed by atoms with Gasteiger partial charge in [0.05, 0.1) is 6.26 Å². The van der Waals surface area contributed by atoms with Crippen LogP contribution in [0.1, 0.15) is 0 Å². The Morgan fingerprint density at radius 2 is 1.83 bits per heavy atom. The number of ether oxygens (including phenoxy) is 1. The minimum Gasteiger partial charge on any atom is -0.464 e. The molecule has 6 heteroatoms. The lowest BCUT2D eigenvalue weighted by atomic mass is 10.2. The van der Waals surface area contributed by atoms with Gasteiger partial charge in [0.1, 0.15) is 11.5 Å². The second-order valence-electron chi connectivity index (χ2n) is 3.47. The van der Waals surface area contributed by atoms with Crippen molar-refractivity contribution in [1.82, 2.24) is 0 Å². The minimum atomic E-state index is -4.06. The predicted molar refractivity (Wildman–Crippen MR) is 60.5 cm³/mol. The molecule has 0 fully saturated rings. The quantitative estimate of drug-likeness (QED) is 0.770. The summed E-state index contributed by atoms with van der Waals surface area (Å²) in [6, 6.07) is 9.03. The Labute approximate surface area is 106 Å². The lowest BCUT2D eigenvalue weighted by Crippen LogP contribution is -2.32. The van der Waals surface area contributed by atoms with Crippen LogP contribution in [0.2, 0.25) is 0 Å². The Morgan fingerprint density at radius 3 is 2.33 bits per heavy atom. The Balaban J connectivity index is 2.14. The van der Waals surface area contributed by atoms with E-state index in [1.54, 1.807) is 12.1 Å². The molecule has 1 aromatic heterocycles. The molecule has 1 unspecified atom stereocenters. The summed E-state index contributed by atoms with van der Waals surface area (Å²) >= 11 is 4.68. The van der Waals surface area contributed by atoms with E-state index in [0.29, 0.717) is 11.3 Å². The van der Waals surface area contributed by atoms with Crippen LogP contribution in [-0.2, 0) is 0 Å². The molecule has 0 N–H and O–H groups in total. The molecule has 0 radical (unpaired) electrons. The molecular weight excluding hydrogens is 269 g/mol. The summed E-state index contributed by atoms with van der Waals surface area (Å²) in [5, 5.41) is 0. The number of rotatable bonds is 4. The van der Waals surface area contributed by atoms with E-state index < -0.39 is 11.7 Å². The Bertz CT molecular complexity index is 495. The third kappa shape index (κ3) is 2.79. The smallest absolute Gasteiger partial charge is 0.444 e. The van der Waals surface area contributed by atoms with Crippen LogP contribution in [0.5, 0.6) is 5.75 Å². The first-order chi connectivity index (χ1) is 8.49. The van der Waals surface area contributed by atoms with Crippen LogP contribution in [-0.4, -0.2) is 11.7 Å². The van der Waals surface area contributed by atoms with Crippen molar-refractivity contribution in [2.75, 3.05) is 0 Å². The van der Waals surface area contributed by atoms with Crippen molar-refractivity contribution in [3.63, 3.8) is 0 Å². The van der Waals surface area contributed by atoms with Crippen molar-refractivity contribution in [2.24, 2.45) is 0 Å². The first-order valence-corrected chi connectivity index (χ1v) is 5.41. The van der Waals surface area contributed by atoms with Crippen LogP contribution in [0.3, 0.4) is 0 Å². The van der Waals surface area contributed by atoms with Crippen molar-refractivity contribution >= 4 is 11.6 Å². The zero-order valence-electron chi connectivity index (χ0n) is 8.95. The van der Waals surface area contributed by atoms with Gasteiger partial charge in [0, 0.05) is 5.56 Å². The predicted octanol–water partition coefficient (Wildman–Crippen LogP) is 4.45. The van der Waals surface area contributed by atoms with Crippen molar-refractivity contribution in [3.8, 4) is 17.1 Å². The standard InChI is InChI=1S/C12H8ClF3O2/c13-11(14)12(15,16)18-9-5-3-8(4-6-9)10-2-1-7-17-10/h1-7,11H. The first-order valence-electron chi connectivity index (χ1n) is 4.98. The van der Waals surface area contributed by atoms with E-state index in [1.165, 1.54) is 30.5 Å². The maximum Gasteiger partial charge on any atom is 0.444 e. The fraction of sp³-hybridized carbons (Fsp3) is 0.167. The largest absolute Gasteiger partial charge is 0.464 e. The van der Waals surface area contributed by atoms with E-state index >= 15 is 0 Å². The molecule has 1 atom stereocenters. The van der Waals surface area contributed by atoms with Gasteiger partial charge >= 0.3 is 6.11 Å². The van der Waals surface area contributed by atoms with Gasteiger partial charge in [-0.15, -0.1) is 0 Å². The molecule has 0 aliphatic carbocycles. The number of hydrogen-bond acceptors (Lipinski definition) is 2. The summed E-state index contributed by atoms with van der Waals surface area (Å²) in [6.45, 7) is 0. The average molecular weight is 277 g/mol. The third-order valence-electron chi connectivity index (χ3n) is 2.17. The normalized spacial score (nSPS) is 13.3. The van der Waals surface area contributed by atoms with Gasteiger partial charge in [0.2, 0.25) is 0 Å². The summed E-state index contributed by atoms with van der Waals surface area (Å²) in [5.41, 5.74) is -2.21. The molecule has 0 amide bonds. The first kappa shape index (κ1) is 12.8. The van der Waals surface area contributed by atoms with Gasteiger partial charge in [0.15, 0.2) is 0 Å². The number of halogens is 4. The van der Waals surface area contributed by atoms with Gasteiger partial charge in [-0.2, -0.15) is 8.78 Å². The lowest BCUT2D eigenvalue weighted by Gasteiger charge is -2.17. The molecular formula is C12H8ClF3O2. The summed E-state index contributed by atoms with van der Waals surface area (Å²) < 4.78 is 47.4. The topological polar surface area (TPSA) is 22.4 Å². The zero-order chi connectivity index (χ0) is 13.2. The molecule has 0 aliphatic heterocycles. The highest BCUT2D eigenvalue weighted by molar-refractivity contribution is 6.20. The summed E-state index contributed by atoms with van der Waals surface area (Å²) in [5.74, 6) is 0.410. The molecule has 0 aliphatic rings. The average Bonchev–Trinajstić information content (AvgIpc) is 2.83. The maximum atomic E-state index is 12.9. The number of alkyl halides is 4. The highest BCUT2D eigenvalue weighted by Gasteiger charge is 2.42. The number of hydrogen-bond donors (Lipinski definition) is 0. The zero-order valence-corrected chi connectivity index (χ0v) is 9.70. The molecule has 2 aromatic rings. The number of furan rings is 1. The Hall–Kier alpha value is -1.62. The molecule has 0 spiro atoms. The van der Waals surface area contributed by atoms with Gasteiger partial charge in [-0.05, 0) is 36.4 Å². The van der Waals surface area contributed by atoms with Gasteiger partial charge in [-0.3, -0.25) is 0 Å². The Morgan fingerprint density at radius 1 is 1.17 bits per heavy atom.